The number of aryl methyl sites for hydroxylation is 1. The number of benzene rings is 1. The zero-order valence-electron chi connectivity index (χ0n) is 27.4. The molecule has 45 heavy (non-hydrogen) atoms. The third-order valence-corrected chi connectivity index (χ3v) is 7.64. The molecule has 1 aliphatic heterocycles. The molecule has 0 spiro atoms. The molecule has 13 nitrogen and oxygen atoms in total. The van der Waals surface area contributed by atoms with Crippen molar-refractivity contribution < 1.29 is 55.3 Å². The third-order valence-electron chi connectivity index (χ3n) is 6.31. The molecule has 1 saturated heterocycles. The Morgan fingerprint density at radius 1 is 0.689 bits per heavy atom. The van der Waals surface area contributed by atoms with Crippen LogP contribution in [0.15, 0.2) is 29.2 Å². The fourth-order valence-electron chi connectivity index (χ4n) is 3.98. The molecule has 14 heteroatoms. The van der Waals surface area contributed by atoms with Crippen LogP contribution in [0.5, 0.6) is 0 Å². The van der Waals surface area contributed by atoms with Crippen LogP contribution in [-0.2, 0) is 52.2 Å². The SMILES string of the molecule is Cc1ccc(S(=O)(=O)OCCOCCOCCOCCOCCOCCOCCOC2CCN(C(=O)OC(C)(C)C)CC2)cc1. The first-order chi connectivity index (χ1) is 21.6. The Bertz CT molecular complexity index is 1010. The van der Waals surface area contributed by atoms with E-state index in [0.29, 0.717) is 92.4 Å². The zero-order valence-corrected chi connectivity index (χ0v) is 28.2. The summed E-state index contributed by atoms with van der Waals surface area (Å²) >= 11 is 0. The van der Waals surface area contributed by atoms with Crippen molar-refractivity contribution in [2.75, 3.05) is 106 Å². The third kappa shape index (κ3) is 19.4. The van der Waals surface area contributed by atoms with Gasteiger partial charge in [0.2, 0.25) is 0 Å². The second kappa shape index (κ2) is 22.6. The average Bonchev–Trinajstić information content (AvgIpc) is 2.99. The molecule has 1 aromatic carbocycles. The number of hydrogen-bond donors (Lipinski definition) is 0. The van der Waals surface area contributed by atoms with Crippen molar-refractivity contribution in [3.8, 4) is 0 Å². The first kappa shape index (κ1) is 39.3. The van der Waals surface area contributed by atoms with E-state index in [2.05, 4.69) is 0 Å². The van der Waals surface area contributed by atoms with Gasteiger partial charge in [-0.1, -0.05) is 17.7 Å². The van der Waals surface area contributed by atoms with Gasteiger partial charge in [0.25, 0.3) is 10.1 Å². The maximum Gasteiger partial charge on any atom is 0.410 e. The fraction of sp³-hybridized carbons (Fsp3) is 0.774. The highest BCUT2D eigenvalue weighted by Gasteiger charge is 2.27. The number of carbonyl (C=O) groups excluding carboxylic acids is 1. The van der Waals surface area contributed by atoms with Gasteiger partial charge in [-0.05, 0) is 52.7 Å². The summed E-state index contributed by atoms with van der Waals surface area (Å²) in [5.41, 5.74) is 0.492. The summed E-state index contributed by atoms with van der Waals surface area (Å²) in [4.78, 5) is 14.0. The highest BCUT2D eigenvalue weighted by molar-refractivity contribution is 7.86. The Kier molecular flexibility index (Phi) is 19.7. The number of amides is 1. The minimum absolute atomic E-state index is 0.0605. The van der Waals surface area contributed by atoms with Crippen LogP contribution < -0.4 is 0 Å². The summed E-state index contributed by atoms with van der Waals surface area (Å²) in [6.07, 6.45) is 1.46. The molecule has 0 N–H and O–H groups in total. The van der Waals surface area contributed by atoms with E-state index < -0.39 is 15.7 Å². The van der Waals surface area contributed by atoms with Crippen LogP contribution in [0.3, 0.4) is 0 Å². The molecular formula is C31H53NO12S. The minimum Gasteiger partial charge on any atom is -0.444 e. The van der Waals surface area contributed by atoms with E-state index in [4.69, 9.17) is 42.1 Å². The van der Waals surface area contributed by atoms with E-state index in [9.17, 15) is 13.2 Å². The largest absolute Gasteiger partial charge is 0.444 e. The predicted octanol–water partition coefficient (Wildman–Crippen LogP) is 3.22. The monoisotopic (exact) mass is 663 g/mol. The van der Waals surface area contributed by atoms with E-state index in [-0.39, 0.29) is 30.3 Å². The van der Waals surface area contributed by atoms with Crippen molar-refractivity contribution in [2.45, 2.75) is 57.1 Å². The van der Waals surface area contributed by atoms with E-state index >= 15 is 0 Å². The number of ether oxygens (including phenoxy) is 8. The Morgan fingerprint density at radius 2 is 1.09 bits per heavy atom. The Morgan fingerprint density at radius 3 is 1.51 bits per heavy atom. The number of carbonyl (C=O) groups is 1. The van der Waals surface area contributed by atoms with Gasteiger partial charge in [-0.3, -0.25) is 4.18 Å². The van der Waals surface area contributed by atoms with Gasteiger partial charge in [0, 0.05) is 13.1 Å². The lowest BCUT2D eigenvalue weighted by Crippen LogP contribution is -2.43. The van der Waals surface area contributed by atoms with Crippen molar-refractivity contribution in [1.29, 1.82) is 0 Å². The van der Waals surface area contributed by atoms with Gasteiger partial charge in [0.05, 0.1) is 103 Å². The van der Waals surface area contributed by atoms with Crippen LogP contribution in [0, 0.1) is 6.92 Å². The summed E-state index contributed by atoms with van der Waals surface area (Å²) in [5.74, 6) is 0. The van der Waals surface area contributed by atoms with E-state index in [1.54, 1.807) is 17.0 Å². The molecule has 0 aromatic heterocycles. The lowest BCUT2D eigenvalue weighted by molar-refractivity contribution is -0.0402. The molecule has 1 heterocycles. The number of piperidine rings is 1. The maximum absolute atomic E-state index is 12.1. The maximum atomic E-state index is 12.1. The quantitative estimate of drug-likeness (QED) is 0.119. The Hall–Kier alpha value is -1.88. The summed E-state index contributed by atoms with van der Waals surface area (Å²) in [5, 5.41) is 0. The lowest BCUT2D eigenvalue weighted by Gasteiger charge is -2.33. The van der Waals surface area contributed by atoms with Crippen LogP contribution in [0.25, 0.3) is 0 Å². The van der Waals surface area contributed by atoms with Crippen molar-refractivity contribution >= 4 is 16.2 Å². The molecule has 2 rings (SSSR count). The molecule has 0 atom stereocenters. The number of nitrogens with zero attached hydrogens (tertiary/aromatic N) is 1. The molecule has 0 saturated carbocycles. The molecule has 1 aromatic rings. The van der Waals surface area contributed by atoms with Crippen LogP contribution in [0.2, 0.25) is 0 Å². The highest BCUT2D eigenvalue weighted by atomic mass is 32.2. The zero-order chi connectivity index (χ0) is 32.8. The minimum atomic E-state index is -3.77. The first-order valence-corrected chi connectivity index (χ1v) is 17.0. The van der Waals surface area contributed by atoms with Gasteiger partial charge < -0.3 is 42.8 Å². The molecular weight excluding hydrogens is 610 g/mol. The molecule has 0 bridgehead atoms. The van der Waals surface area contributed by atoms with Crippen LogP contribution >= 0.6 is 0 Å². The molecule has 0 radical (unpaired) electrons. The van der Waals surface area contributed by atoms with Crippen LogP contribution in [0.1, 0.15) is 39.2 Å². The van der Waals surface area contributed by atoms with E-state index in [1.165, 1.54) is 12.1 Å². The fourth-order valence-corrected chi connectivity index (χ4v) is 4.88. The van der Waals surface area contributed by atoms with Crippen LogP contribution in [0.4, 0.5) is 4.79 Å². The van der Waals surface area contributed by atoms with Crippen molar-refractivity contribution in [3.05, 3.63) is 29.8 Å². The van der Waals surface area contributed by atoms with Gasteiger partial charge in [0.1, 0.15) is 5.60 Å². The smallest absolute Gasteiger partial charge is 0.410 e. The average molecular weight is 664 g/mol. The number of likely N-dealkylation sites (tertiary alicyclic amines) is 1. The Balaban J connectivity index is 1.25. The van der Waals surface area contributed by atoms with Gasteiger partial charge in [-0.15, -0.1) is 0 Å². The van der Waals surface area contributed by atoms with Gasteiger partial charge in [0.15, 0.2) is 0 Å². The van der Waals surface area contributed by atoms with Gasteiger partial charge in [-0.2, -0.15) is 8.42 Å². The molecule has 1 fully saturated rings. The van der Waals surface area contributed by atoms with Gasteiger partial charge >= 0.3 is 6.09 Å². The normalized spacial score (nSPS) is 14.6. The summed E-state index contributed by atoms with van der Waals surface area (Å²) in [6.45, 7) is 14.2. The topological polar surface area (TPSA) is 138 Å². The molecule has 260 valence electrons. The molecule has 0 unspecified atom stereocenters. The first-order valence-electron chi connectivity index (χ1n) is 15.6. The summed E-state index contributed by atoms with van der Waals surface area (Å²) in [7, 11) is -3.77. The van der Waals surface area contributed by atoms with E-state index in [0.717, 1.165) is 18.4 Å². The van der Waals surface area contributed by atoms with Gasteiger partial charge in [-0.25, -0.2) is 4.79 Å². The number of hydrogen-bond acceptors (Lipinski definition) is 12. The molecule has 1 amide bonds. The summed E-state index contributed by atoms with van der Waals surface area (Å²) < 4.78 is 73.1. The standard InChI is InChI=1S/C31H53NO12S/c1-27-5-7-29(8-6-27)45(34,35)43-26-24-41-22-20-39-18-16-37-14-13-36-15-17-38-19-21-40-23-25-42-28-9-11-32(12-10-28)30(33)44-31(2,3)4/h5-8,28H,9-26H2,1-4H3. The summed E-state index contributed by atoms with van der Waals surface area (Å²) in [6, 6.07) is 6.48. The second-order valence-electron chi connectivity index (χ2n) is 11.3. The predicted molar refractivity (Wildman–Crippen MR) is 166 cm³/mol. The van der Waals surface area contributed by atoms with Crippen molar-refractivity contribution in [3.63, 3.8) is 0 Å². The molecule has 1 aliphatic rings. The van der Waals surface area contributed by atoms with Crippen molar-refractivity contribution in [2.24, 2.45) is 0 Å². The number of rotatable bonds is 24. The van der Waals surface area contributed by atoms with E-state index in [1.807, 2.05) is 27.7 Å². The van der Waals surface area contributed by atoms with Crippen LogP contribution in [-0.4, -0.2) is 137 Å². The van der Waals surface area contributed by atoms with Crippen molar-refractivity contribution in [1.82, 2.24) is 4.90 Å². The highest BCUT2D eigenvalue weighted by Crippen LogP contribution is 2.17. The Labute approximate surface area is 268 Å². The lowest BCUT2D eigenvalue weighted by atomic mass is 10.1. The second-order valence-corrected chi connectivity index (χ2v) is 12.9. The molecule has 0 aliphatic carbocycles.